The highest BCUT2D eigenvalue weighted by Crippen LogP contribution is 2.26. The van der Waals surface area contributed by atoms with E-state index >= 15 is 0 Å². The number of ether oxygens (including phenoxy) is 2. The van der Waals surface area contributed by atoms with Crippen LogP contribution in [-0.4, -0.2) is 41.7 Å². The van der Waals surface area contributed by atoms with E-state index in [2.05, 4.69) is 12.2 Å². The van der Waals surface area contributed by atoms with Crippen molar-refractivity contribution in [2.75, 3.05) is 11.9 Å². The quantitative estimate of drug-likeness (QED) is 0.0898. The zero-order valence-corrected chi connectivity index (χ0v) is 24.9. The monoisotopic (exact) mass is 571 g/mol. The molecule has 2 atom stereocenters. The minimum atomic E-state index is -1.42. The zero-order valence-electron chi connectivity index (χ0n) is 23.4. The summed E-state index contributed by atoms with van der Waals surface area (Å²) < 4.78 is 10.5. The van der Waals surface area contributed by atoms with Crippen molar-refractivity contribution < 1.29 is 28.7 Å². The second-order valence-electron chi connectivity index (χ2n) is 10.6. The molecule has 214 valence electrons. The number of hydrogen-bond donors (Lipinski definition) is 1. The largest absolute Gasteiger partial charge is 0.463 e. The molecule has 0 aliphatic rings. The van der Waals surface area contributed by atoms with Crippen molar-refractivity contribution in [1.82, 2.24) is 0 Å². The summed E-state index contributed by atoms with van der Waals surface area (Å²) in [5.74, 6) is -2.62. The molecule has 2 unspecified atom stereocenters. The lowest BCUT2D eigenvalue weighted by atomic mass is 9.88. The Morgan fingerprint density at radius 1 is 0.921 bits per heavy atom. The molecule has 0 aliphatic heterocycles. The molecule has 0 spiro atoms. The van der Waals surface area contributed by atoms with Crippen molar-refractivity contribution in [1.29, 1.82) is 0 Å². The van der Waals surface area contributed by atoms with Crippen LogP contribution in [0.4, 0.5) is 5.69 Å². The summed E-state index contributed by atoms with van der Waals surface area (Å²) in [6.07, 6.45) is 10.7. The number of amides is 1. The standard InChI is InChI=1S/C29H43Cl2NO6/c1-6-7-8-9-10-11-12-13-14-15-18-37-27(35)20(2)38-28(36)21-16-17-22(30)23(19-21)32-26(34)24(31)25(33)29(3,4)5/h16-17,19-20,24H,6-15,18H2,1-5H3,(H,32,34). The van der Waals surface area contributed by atoms with Crippen LogP contribution in [0.1, 0.15) is 109 Å². The van der Waals surface area contributed by atoms with E-state index in [0.29, 0.717) is 0 Å². The molecule has 0 aromatic heterocycles. The number of unbranched alkanes of at least 4 members (excludes halogenated alkanes) is 9. The maximum absolute atomic E-state index is 12.6. The molecule has 38 heavy (non-hydrogen) atoms. The first kappa shape index (κ1) is 33.9. The molecule has 1 rings (SSSR count). The van der Waals surface area contributed by atoms with Gasteiger partial charge in [0, 0.05) is 5.41 Å². The number of rotatable bonds is 17. The van der Waals surface area contributed by atoms with Crippen molar-refractivity contribution in [2.45, 2.75) is 110 Å². The summed E-state index contributed by atoms with van der Waals surface area (Å²) in [5, 5.41) is 1.20. The minimum absolute atomic E-state index is 0.0623. The van der Waals surface area contributed by atoms with Crippen LogP contribution in [0.5, 0.6) is 0 Å². The summed E-state index contributed by atoms with van der Waals surface area (Å²) in [6.45, 7) is 8.91. The summed E-state index contributed by atoms with van der Waals surface area (Å²) in [4.78, 5) is 49.5. The number of carbonyl (C=O) groups is 4. The number of ketones is 1. The molecule has 9 heteroatoms. The molecule has 7 nitrogen and oxygen atoms in total. The fourth-order valence-electron chi connectivity index (χ4n) is 3.60. The maximum atomic E-state index is 12.6. The molecule has 0 saturated carbocycles. The topological polar surface area (TPSA) is 98.8 Å². The van der Waals surface area contributed by atoms with Crippen LogP contribution in [-0.2, 0) is 23.9 Å². The molecule has 1 N–H and O–H groups in total. The van der Waals surface area contributed by atoms with Gasteiger partial charge in [0.05, 0.1) is 22.9 Å². The number of hydrogen-bond acceptors (Lipinski definition) is 6. The third-order valence-corrected chi connectivity index (χ3v) is 6.74. The van der Waals surface area contributed by atoms with Gasteiger partial charge in [0.1, 0.15) is 0 Å². The van der Waals surface area contributed by atoms with E-state index in [1.165, 1.54) is 70.1 Å². The van der Waals surface area contributed by atoms with Crippen LogP contribution in [0.15, 0.2) is 18.2 Å². The van der Waals surface area contributed by atoms with E-state index in [1.54, 1.807) is 20.8 Å². The van der Waals surface area contributed by atoms with E-state index < -0.39 is 40.5 Å². The Morgan fingerprint density at radius 3 is 2.03 bits per heavy atom. The molecule has 1 aromatic rings. The highest BCUT2D eigenvalue weighted by molar-refractivity contribution is 6.44. The minimum Gasteiger partial charge on any atom is -0.463 e. The Balaban J connectivity index is 2.47. The molecule has 1 amide bonds. The number of carbonyl (C=O) groups excluding carboxylic acids is 4. The van der Waals surface area contributed by atoms with Gasteiger partial charge in [-0.2, -0.15) is 0 Å². The molecule has 0 radical (unpaired) electrons. The van der Waals surface area contributed by atoms with Crippen LogP contribution < -0.4 is 5.32 Å². The van der Waals surface area contributed by atoms with Gasteiger partial charge in [0.25, 0.3) is 0 Å². The SMILES string of the molecule is CCCCCCCCCCCCOC(=O)C(C)OC(=O)c1ccc(Cl)c(NC(=O)C(Cl)C(=O)C(C)(C)C)c1. The van der Waals surface area contributed by atoms with Gasteiger partial charge >= 0.3 is 11.9 Å². The number of Topliss-reactive ketones (excluding diaryl/α,β-unsaturated/α-hetero) is 1. The molecule has 0 bridgehead atoms. The third-order valence-electron chi connectivity index (χ3n) is 6.02. The molecule has 0 saturated heterocycles. The number of esters is 2. The summed E-state index contributed by atoms with van der Waals surface area (Å²) in [5.41, 5.74) is -0.653. The van der Waals surface area contributed by atoms with E-state index in [9.17, 15) is 19.2 Å². The third kappa shape index (κ3) is 12.6. The second kappa shape index (κ2) is 17.5. The van der Waals surface area contributed by atoms with Crippen LogP contribution >= 0.6 is 23.2 Å². The van der Waals surface area contributed by atoms with E-state index in [0.717, 1.165) is 19.3 Å². The predicted molar refractivity (Wildman–Crippen MR) is 152 cm³/mol. The fourth-order valence-corrected chi connectivity index (χ4v) is 4.15. The van der Waals surface area contributed by atoms with Gasteiger partial charge in [0.15, 0.2) is 17.3 Å². The number of alkyl halides is 1. The number of anilines is 1. The molecular weight excluding hydrogens is 529 g/mol. The highest BCUT2D eigenvalue weighted by atomic mass is 35.5. The average molecular weight is 573 g/mol. The zero-order chi connectivity index (χ0) is 28.7. The number of nitrogens with one attached hydrogen (secondary N) is 1. The maximum Gasteiger partial charge on any atom is 0.347 e. The van der Waals surface area contributed by atoms with Crippen molar-refractivity contribution in [3.05, 3.63) is 28.8 Å². The molecule has 0 heterocycles. The number of halogens is 2. The molecule has 0 fully saturated rings. The van der Waals surface area contributed by atoms with Crippen molar-refractivity contribution in [2.24, 2.45) is 5.41 Å². The number of benzene rings is 1. The van der Waals surface area contributed by atoms with Crippen molar-refractivity contribution >= 4 is 52.5 Å². The lowest BCUT2D eigenvalue weighted by Crippen LogP contribution is -2.37. The van der Waals surface area contributed by atoms with Crippen molar-refractivity contribution in [3.8, 4) is 0 Å². The van der Waals surface area contributed by atoms with Crippen LogP contribution in [0, 0.1) is 5.41 Å². The van der Waals surface area contributed by atoms with Gasteiger partial charge in [-0.05, 0) is 31.5 Å². The smallest absolute Gasteiger partial charge is 0.347 e. The highest BCUT2D eigenvalue weighted by Gasteiger charge is 2.33. The predicted octanol–water partition coefficient (Wildman–Crippen LogP) is 7.51. The molecular formula is C29H43Cl2NO6. The Kier molecular flexibility index (Phi) is 15.6. The second-order valence-corrected chi connectivity index (χ2v) is 11.4. The lowest BCUT2D eigenvalue weighted by Gasteiger charge is -2.20. The van der Waals surface area contributed by atoms with Gasteiger partial charge in [-0.1, -0.05) is 97.1 Å². The van der Waals surface area contributed by atoms with Gasteiger partial charge in [-0.15, -0.1) is 11.6 Å². The summed E-state index contributed by atoms with van der Waals surface area (Å²) in [6, 6.07) is 4.10. The normalized spacial score (nSPS) is 12.9. The first-order valence-electron chi connectivity index (χ1n) is 13.5. The van der Waals surface area contributed by atoms with Gasteiger partial charge in [0.2, 0.25) is 5.91 Å². The molecule has 1 aromatic carbocycles. The van der Waals surface area contributed by atoms with Crippen LogP contribution in [0.2, 0.25) is 5.02 Å². The Labute approximate surface area is 237 Å². The van der Waals surface area contributed by atoms with Gasteiger partial charge < -0.3 is 14.8 Å². The Bertz CT molecular complexity index is 928. The van der Waals surface area contributed by atoms with Gasteiger partial charge in [-0.3, -0.25) is 9.59 Å². The van der Waals surface area contributed by atoms with Crippen LogP contribution in [0.25, 0.3) is 0 Å². The fraction of sp³-hybridized carbons (Fsp3) is 0.655. The molecule has 0 aliphatic carbocycles. The van der Waals surface area contributed by atoms with Crippen molar-refractivity contribution in [3.63, 3.8) is 0 Å². The first-order valence-corrected chi connectivity index (χ1v) is 14.4. The summed E-state index contributed by atoms with van der Waals surface area (Å²) >= 11 is 12.2. The summed E-state index contributed by atoms with van der Waals surface area (Å²) in [7, 11) is 0. The Hall–Kier alpha value is -2.12. The van der Waals surface area contributed by atoms with E-state index in [1.807, 2.05) is 0 Å². The lowest BCUT2D eigenvalue weighted by molar-refractivity contribution is -0.153. The van der Waals surface area contributed by atoms with E-state index in [-0.39, 0.29) is 22.9 Å². The van der Waals surface area contributed by atoms with E-state index in [4.69, 9.17) is 32.7 Å². The Morgan fingerprint density at radius 2 is 1.47 bits per heavy atom. The average Bonchev–Trinajstić information content (AvgIpc) is 2.86. The van der Waals surface area contributed by atoms with Crippen LogP contribution in [0.3, 0.4) is 0 Å². The van der Waals surface area contributed by atoms with Gasteiger partial charge in [-0.25, -0.2) is 9.59 Å². The first-order chi connectivity index (χ1) is 17.9.